The van der Waals surface area contributed by atoms with Gasteiger partial charge in [-0.05, 0) is 25.9 Å². The summed E-state index contributed by atoms with van der Waals surface area (Å²) in [5, 5.41) is 0. The second kappa shape index (κ2) is 6.42. The molecule has 0 N–H and O–H groups in total. The lowest BCUT2D eigenvalue weighted by Gasteiger charge is -2.46. The van der Waals surface area contributed by atoms with Gasteiger partial charge < -0.3 is 4.43 Å². The van der Waals surface area contributed by atoms with E-state index in [-0.39, 0.29) is 5.78 Å². The predicted octanol–water partition coefficient (Wildman–Crippen LogP) is 5.21. The topological polar surface area (TPSA) is 26.3 Å². The molecule has 4 heteroatoms. The standard InChI is InChI=1S/C18H30O2Si2/c1-21(2,3)22(4,5)20-18(14-10-7-11-15-18)17(19)16-12-8-6-9-13-16/h6,8-9,12-13H,7,10-11,14-15H2,1-5H3. The Morgan fingerprint density at radius 1 is 0.955 bits per heavy atom. The Morgan fingerprint density at radius 3 is 2.00 bits per heavy atom. The molecule has 1 saturated carbocycles. The van der Waals surface area contributed by atoms with Gasteiger partial charge in [0.25, 0.3) is 0 Å². The molecule has 0 spiro atoms. The molecule has 0 amide bonds. The first kappa shape index (κ1) is 17.6. The number of carbonyl (C=O) groups excluding carboxylic acids is 1. The molecule has 0 bridgehead atoms. The molecule has 2 nitrogen and oxygen atoms in total. The highest BCUT2D eigenvalue weighted by molar-refractivity contribution is 7.37. The van der Waals surface area contributed by atoms with Crippen LogP contribution in [0.4, 0.5) is 0 Å². The van der Waals surface area contributed by atoms with Crippen molar-refractivity contribution in [3.63, 3.8) is 0 Å². The van der Waals surface area contributed by atoms with Gasteiger partial charge in [-0.15, -0.1) is 0 Å². The molecule has 0 radical (unpaired) electrons. The van der Waals surface area contributed by atoms with E-state index < -0.39 is 21.0 Å². The summed E-state index contributed by atoms with van der Waals surface area (Å²) in [5.74, 6) is 0.214. The third-order valence-electron chi connectivity index (χ3n) is 5.37. The van der Waals surface area contributed by atoms with Crippen molar-refractivity contribution in [2.45, 2.75) is 70.4 Å². The number of Topliss-reactive ketones (excluding diaryl/α,β-unsaturated/α-hetero) is 1. The maximum Gasteiger partial charge on any atom is 0.193 e. The molecule has 0 aliphatic heterocycles. The van der Waals surface area contributed by atoms with E-state index in [0.29, 0.717) is 0 Å². The van der Waals surface area contributed by atoms with Gasteiger partial charge in [-0.3, -0.25) is 4.79 Å². The maximum absolute atomic E-state index is 13.2. The summed E-state index contributed by atoms with van der Waals surface area (Å²) in [6, 6.07) is 9.73. The monoisotopic (exact) mass is 334 g/mol. The minimum absolute atomic E-state index is 0.214. The maximum atomic E-state index is 13.2. The highest BCUT2D eigenvalue weighted by Crippen LogP contribution is 2.38. The summed E-state index contributed by atoms with van der Waals surface area (Å²) in [6.07, 6.45) is 5.22. The molecule has 0 atom stereocenters. The van der Waals surface area contributed by atoms with Gasteiger partial charge in [0.1, 0.15) is 5.60 Å². The first-order chi connectivity index (χ1) is 10.2. The first-order valence-electron chi connectivity index (χ1n) is 8.48. The molecule has 1 aromatic rings. The Hall–Kier alpha value is -0.716. The van der Waals surface area contributed by atoms with Crippen LogP contribution in [0, 0.1) is 0 Å². The van der Waals surface area contributed by atoms with Crippen LogP contribution in [0.1, 0.15) is 42.5 Å². The van der Waals surface area contributed by atoms with Crippen LogP contribution < -0.4 is 0 Å². The molecule has 0 saturated heterocycles. The molecular weight excluding hydrogens is 304 g/mol. The van der Waals surface area contributed by atoms with Gasteiger partial charge in [0.2, 0.25) is 0 Å². The summed E-state index contributed by atoms with van der Waals surface area (Å²) in [4.78, 5) is 13.2. The van der Waals surface area contributed by atoms with E-state index in [4.69, 9.17) is 4.43 Å². The van der Waals surface area contributed by atoms with Crippen molar-refractivity contribution in [2.75, 3.05) is 0 Å². The molecule has 22 heavy (non-hydrogen) atoms. The Kier molecular flexibility index (Phi) is 5.14. The summed E-state index contributed by atoms with van der Waals surface area (Å²) in [7, 11) is -3.24. The van der Waals surface area contributed by atoms with Crippen molar-refractivity contribution in [3.05, 3.63) is 35.9 Å². The zero-order chi connectivity index (χ0) is 16.4. The number of rotatable bonds is 5. The predicted molar refractivity (Wildman–Crippen MR) is 98.5 cm³/mol. The number of carbonyl (C=O) groups is 1. The van der Waals surface area contributed by atoms with E-state index in [1.807, 2.05) is 30.3 Å². The van der Waals surface area contributed by atoms with E-state index in [2.05, 4.69) is 32.7 Å². The molecule has 2 rings (SSSR count). The van der Waals surface area contributed by atoms with Gasteiger partial charge in [0, 0.05) is 5.56 Å². The van der Waals surface area contributed by atoms with E-state index in [1.165, 1.54) is 6.42 Å². The van der Waals surface area contributed by atoms with Crippen molar-refractivity contribution in [3.8, 4) is 0 Å². The summed E-state index contributed by atoms with van der Waals surface area (Å²) in [5.41, 5.74) is 0.250. The van der Waals surface area contributed by atoms with Crippen LogP contribution in [-0.2, 0) is 4.43 Å². The summed E-state index contributed by atoms with van der Waals surface area (Å²) < 4.78 is 6.80. The van der Waals surface area contributed by atoms with Crippen LogP contribution in [0.25, 0.3) is 0 Å². The minimum atomic E-state index is -1.84. The highest BCUT2D eigenvalue weighted by Gasteiger charge is 2.49. The van der Waals surface area contributed by atoms with Gasteiger partial charge in [-0.25, -0.2) is 0 Å². The molecule has 1 fully saturated rings. The molecule has 0 unspecified atom stereocenters. The van der Waals surface area contributed by atoms with Gasteiger partial charge in [-0.2, -0.15) is 0 Å². The fourth-order valence-corrected chi connectivity index (χ4v) is 6.08. The summed E-state index contributed by atoms with van der Waals surface area (Å²) in [6.45, 7) is 11.8. The van der Waals surface area contributed by atoms with Crippen molar-refractivity contribution in [2.24, 2.45) is 0 Å². The Labute approximate surface area is 137 Å². The van der Waals surface area contributed by atoms with Crippen molar-refractivity contribution in [1.82, 2.24) is 0 Å². The fourth-order valence-electron chi connectivity index (χ4n) is 2.99. The number of hydrogen-bond acceptors (Lipinski definition) is 2. The quantitative estimate of drug-likeness (QED) is 0.546. The second-order valence-electron chi connectivity index (χ2n) is 8.11. The molecule has 1 aliphatic rings. The lowest BCUT2D eigenvalue weighted by atomic mass is 9.79. The molecule has 0 heterocycles. The Balaban J connectivity index is 2.35. The van der Waals surface area contributed by atoms with E-state index in [9.17, 15) is 4.79 Å². The molecular formula is C18H30O2Si2. The molecule has 122 valence electrons. The number of hydrogen-bond donors (Lipinski definition) is 0. The van der Waals surface area contributed by atoms with E-state index in [0.717, 1.165) is 31.2 Å². The smallest absolute Gasteiger partial charge is 0.193 e. The number of benzene rings is 1. The van der Waals surface area contributed by atoms with Crippen LogP contribution in [0.3, 0.4) is 0 Å². The average Bonchev–Trinajstić information content (AvgIpc) is 2.46. The van der Waals surface area contributed by atoms with Gasteiger partial charge in [-0.1, -0.05) is 69.2 Å². The average molecular weight is 335 g/mol. The van der Waals surface area contributed by atoms with Crippen LogP contribution in [0.2, 0.25) is 32.7 Å². The fraction of sp³-hybridized carbons (Fsp3) is 0.611. The van der Waals surface area contributed by atoms with Crippen molar-refractivity contribution < 1.29 is 9.22 Å². The third-order valence-corrected chi connectivity index (χ3v) is 21.0. The Morgan fingerprint density at radius 2 is 1.50 bits per heavy atom. The largest absolute Gasteiger partial charge is 0.407 e. The normalized spacial score (nSPS) is 19.0. The van der Waals surface area contributed by atoms with Gasteiger partial charge in [0.15, 0.2) is 13.6 Å². The van der Waals surface area contributed by atoms with Crippen LogP contribution >= 0.6 is 0 Å². The van der Waals surface area contributed by atoms with Crippen LogP contribution in [0.5, 0.6) is 0 Å². The zero-order valence-corrected chi connectivity index (χ0v) is 16.7. The highest BCUT2D eigenvalue weighted by atomic mass is 29.3. The third kappa shape index (κ3) is 3.61. The minimum Gasteiger partial charge on any atom is -0.407 e. The lowest BCUT2D eigenvalue weighted by Crippen LogP contribution is -2.61. The molecule has 1 aromatic carbocycles. The van der Waals surface area contributed by atoms with Gasteiger partial charge in [0.05, 0.1) is 7.59 Å². The molecule has 0 aromatic heterocycles. The second-order valence-corrected chi connectivity index (χ2v) is 23.9. The van der Waals surface area contributed by atoms with Crippen molar-refractivity contribution in [1.29, 1.82) is 0 Å². The van der Waals surface area contributed by atoms with E-state index >= 15 is 0 Å². The molecule has 1 aliphatic carbocycles. The zero-order valence-electron chi connectivity index (χ0n) is 14.7. The first-order valence-corrected chi connectivity index (χ1v) is 15.9. The lowest BCUT2D eigenvalue weighted by molar-refractivity contribution is 0.0241. The summed E-state index contributed by atoms with van der Waals surface area (Å²) >= 11 is 0. The van der Waals surface area contributed by atoms with Gasteiger partial charge >= 0.3 is 0 Å². The van der Waals surface area contributed by atoms with Crippen molar-refractivity contribution >= 4 is 21.2 Å². The van der Waals surface area contributed by atoms with E-state index in [1.54, 1.807) is 0 Å². The Bertz CT molecular complexity index is 512. The van der Waals surface area contributed by atoms with Crippen LogP contribution in [0.15, 0.2) is 30.3 Å². The number of ketones is 1. The SMILES string of the molecule is C[Si](C)(C)[Si](C)(C)OC1(C(=O)c2ccccc2)CCCCC1. The van der Waals surface area contributed by atoms with Crippen LogP contribution in [-0.4, -0.2) is 26.8 Å².